The number of benzene rings is 2. The number of nitrogens with zero attached hydrogens (tertiary/aromatic N) is 3. The number of aromatic nitrogens is 1. The maximum atomic E-state index is 13.2. The average molecular weight is 457 g/mol. The molecule has 0 aliphatic carbocycles. The van der Waals surface area contributed by atoms with Gasteiger partial charge in [0.2, 0.25) is 5.88 Å². The standard InChI is InChI=1S/C25H19N3O6/c1-26-21-20(25(33)34)19(9-4-6-15-10-12-17(13-11-15)27(2)3)22(29)28(23(21)30)18-8-5-7-16(14-18)24(31)32/h5-14,30H,2-3H3,(H,31,32)(H,33,34). The summed E-state index contributed by atoms with van der Waals surface area (Å²) < 4.78 is 0.700. The highest BCUT2D eigenvalue weighted by atomic mass is 16.4. The molecule has 34 heavy (non-hydrogen) atoms. The zero-order valence-corrected chi connectivity index (χ0v) is 18.2. The fraction of sp³-hybridized carbons (Fsp3) is 0.0800. The summed E-state index contributed by atoms with van der Waals surface area (Å²) in [7, 11) is 3.80. The molecule has 0 saturated carbocycles. The Bertz CT molecular complexity index is 1450. The largest absolute Gasteiger partial charge is 0.502 e. The van der Waals surface area contributed by atoms with Crippen LogP contribution < -0.4 is 10.5 Å². The van der Waals surface area contributed by atoms with Crippen LogP contribution in [0.4, 0.5) is 11.4 Å². The van der Waals surface area contributed by atoms with E-state index in [0.29, 0.717) is 4.57 Å². The van der Waals surface area contributed by atoms with Gasteiger partial charge in [-0.15, -0.1) is 5.73 Å². The molecule has 0 bridgehead atoms. The minimum Gasteiger partial charge on any atom is -0.502 e. The Morgan fingerprint density at radius 2 is 1.74 bits per heavy atom. The first kappa shape index (κ1) is 23.6. The monoisotopic (exact) mass is 457 g/mol. The van der Waals surface area contributed by atoms with E-state index >= 15 is 0 Å². The van der Waals surface area contributed by atoms with E-state index in [-0.39, 0.29) is 11.3 Å². The highest BCUT2D eigenvalue weighted by molar-refractivity contribution is 6.00. The van der Waals surface area contributed by atoms with Crippen LogP contribution in [-0.2, 0) is 0 Å². The maximum absolute atomic E-state index is 13.2. The van der Waals surface area contributed by atoms with Gasteiger partial charge in [-0.25, -0.2) is 14.4 Å². The van der Waals surface area contributed by atoms with Gasteiger partial charge in [-0.1, -0.05) is 18.2 Å². The van der Waals surface area contributed by atoms with E-state index in [1.54, 1.807) is 0 Å². The first-order valence-electron chi connectivity index (χ1n) is 9.82. The van der Waals surface area contributed by atoms with Crippen molar-refractivity contribution >= 4 is 35.5 Å². The first-order chi connectivity index (χ1) is 16.1. The molecule has 0 amide bonds. The van der Waals surface area contributed by atoms with Crippen LogP contribution in [0.2, 0.25) is 0 Å². The van der Waals surface area contributed by atoms with Gasteiger partial charge < -0.3 is 20.2 Å². The van der Waals surface area contributed by atoms with Crippen molar-refractivity contribution in [2.45, 2.75) is 0 Å². The van der Waals surface area contributed by atoms with Crippen LogP contribution in [-0.4, -0.2) is 45.9 Å². The highest BCUT2D eigenvalue weighted by Crippen LogP contribution is 2.33. The Morgan fingerprint density at radius 3 is 2.29 bits per heavy atom. The molecule has 2 aromatic carbocycles. The summed E-state index contributed by atoms with van der Waals surface area (Å²) in [6.07, 6.45) is 2.65. The quantitative estimate of drug-likeness (QED) is 0.379. The van der Waals surface area contributed by atoms with Gasteiger partial charge >= 0.3 is 11.9 Å². The summed E-state index contributed by atoms with van der Waals surface area (Å²) in [5.74, 6) is -3.74. The SMILES string of the molecule is [C-]#[N+]c1c(C(=O)O)c(C=C=Cc2ccc(N(C)C)cc2)c(=O)n(-c2cccc(C(=O)O)c2)c1O. The Labute approximate surface area is 194 Å². The van der Waals surface area contributed by atoms with E-state index in [1.165, 1.54) is 24.3 Å². The normalized spacial score (nSPS) is 10.0. The minimum absolute atomic E-state index is 0.0397. The lowest BCUT2D eigenvalue weighted by Gasteiger charge is -2.14. The Kier molecular flexibility index (Phi) is 6.67. The van der Waals surface area contributed by atoms with Crippen molar-refractivity contribution in [1.29, 1.82) is 0 Å². The zero-order valence-electron chi connectivity index (χ0n) is 18.2. The summed E-state index contributed by atoms with van der Waals surface area (Å²) in [6.45, 7) is 7.37. The van der Waals surface area contributed by atoms with Crippen molar-refractivity contribution < 1.29 is 24.9 Å². The average Bonchev–Trinajstić information content (AvgIpc) is 2.80. The Morgan fingerprint density at radius 1 is 1.06 bits per heavy atom. The van der Waals surface area contributed by atoms with E-state index in [9.17, 15) is 29.7 Å². The number of carboxylic acids is 2. The van der Waals surface area contributed by atoms with Crippen molar-refractivity contribution in [3.8, 4) is 11.6 Å². The molecule has 3 N–H and O–H groups in total. The Hall–Kier alpha value is -5.06. The predicted octanol–water partition coefficient (Wildman–Crippen LogP) is 3.88. The van der Waals surface area contributed by atoms with Crippen LogP contribution in [0.1, 0.15) is 31.8 Å². The van der Waals surface area contributed by atoms with Crippen LogP contribution in [0, 0.1) is 6.57 Å². The number of hydrogen-bond donors (Lipinski definition) is 3. The molecule has 0 aliphatic heterocycles. The van der Waals surface area contributed by atoms with Crippen molar-refractivity contribution in [3.63, 3.8) is 0 Å². The van der Waals surface area contributed by atoms with Crippen molar-refractivity contribution in [2.24, 2.45) is 0 Å². The third kappa shape index (κ3) is 4.58. The van der Waals surface area contributed by atoms with Gasteiger partial charge in [0.15, 0.2) is 0 Å². The van der Waals surface area contributed by atoms with Gasteiger partial charge in [0, 0.05) is 19.8 Å². The van der Waals surface area contributed by atoms with Crippen LogP contribution in [0.25, 0.3) is 22.7 Å². The van der Waals surface area contributed by atoms with Crippen LogP contribution in [0.3, 0.4) is 0 Å². The number of anilines is 1. The fourth-order valence-electron chi connectivity index (χ4n) is 3.23. The molecule has 3 rings (SSSR count). The maximum Gasteiger partial charge on any atom is 0.335 e. The third-order valence-electron chi connectivity index (χ3n) is 4.93. The van der Waals surface area contributed by atoms with E-state index in [4.69, 9.17) is 6.57 Å². The smallest absolute Gasteiger partial charge is 0.335 e. The second-order valence-corrected chi connectivity index (χ2v) is 7.32. The lowest BCUT2D eigenvalue weighted by atomic mass is 10.1. The molecule has 1 aromatic heterocycles. The molecular weight excluding hydrogens is 438 g/mol. The van der Waals surface area contributed by atoms with Gasteiger partial charge in [0.1, 0.15) is 0 Å². The van der Waals surface area contributed by atoms with E-state index < -0.39 is 40.2 Å². The molecule has 1 heterocycles. The number of aromatic carboxylic acids is 2. The lowest BCUT2D eigenvalue weighted by molar-refractivity contribution is 0.0686. The zero-order chi connectivity index (χ0) is 25.0. The first-order valence-corrected chi connectivity index (χ1v) is 9.82. The molecule has 0 unspecified atom stereocenters. The van der Waals surface area contributed by atoms with E-state index in [2.05, 4.69) is 10.6 Å². The molecule has 0 aliphatic rings. The summed E-state index contributed by atoms with van der Waals surface area (Å²) in [6, 6.07) is 12.5. The number of pyridine rings is 1. The van der Waals surface area contributed by atoms with Crippen molar-refractivity contribution in [2.75, 3.05) is 19.0 Å². The van der Waals surface area contributed by atoms with Crippen LogP contribution >= 0.6 is 0 Å². The molecule has 3 aromatic rings. The molecule has 0 saturated heterocycles. The summed E-state index contributed by atoms with van der Waals surface area (Å²) >= 11 is 0. The summed E-state index contributed by atoms with van der Waals surface area (Å²) in [4.78, 5) is 41.5. The van der Waals surface area contributed by atoms with Gasteiger partial charge in [0.05, 0.1) is 28.9 Å². The van der Waals surface area contributed by atoms with Gasteiger partial charge in [-0.3, -0.25) is 9.36 Å². The van der Waals surface area contributed by atoms with Crippen LogP contribution in [0.15, 0.2) is 59.1 Å². The molecule has 9 nitrogen and oxygen atoms in total. The molecule has 0 atom stereocenters. The highest BCUT2D eigenvalue weighted by Gasteiger charge is 2.26. The van der Waals surface area contributed by atoms with Crippen LogP contribution in [0.5, 0.6) is 5.88 Å². The lowest BCUT2D eigenvalue weighted by Crippen LogP contribution is -2.24. The molecule has 0 spiro atoms. The number of carbonyl (C=O) groups is 2. The molecular formula is C25H19N3O6. The molecule has 170 valence electrons. The second kappa shape index (κ2) is 9.61. The number of hydrogen-bond acceptors (Lipinski definition) is 5. The van der Waals surface area contributed by atoms with E-state index in [0.717, 1.165) is 23.4 Å². The Balaban J connectivity index is 2.25. The predicted molar refractivity (Wildman–Crippen MR) is 127 cm³/mol. The third-order valence-corrected chi connectivity index (χ3v) is 4.93. The number of aromatic hydroxyl groups is 1. The summed E-state index contributed by atoms with van der Waals surface area (Å²) in [5, 5.41) is 29.5. The topological polar surface area (TPSA) is 124 Å². The summed E-state index contributed by atoms with van der Waals surface area (Å²) in [5.41, 5.74) is 1.60. The van der Waals surface area contributed by atoms with Gasteiger partial charge in [0.25, 0.3) is 11.2 Å². The van der Waals surface area contributed by atoms with Gasteiger partial charge in [-0.2, -0.15) is 0 Å². The van der Waals surface area contributed by atoms with Crippen molar-refractivity contribution in [1.82, 2.24) is 4.57 Å². The fourth-order valence-corrected chi connectivity index (χ4v) is 3.23. The molecule has 0 radical (unpaired) electrons. The van der Waals surface area contributed by atoms with E-state index in [1.807, 2.05) is 43.3 Å². The second-order valence-electron chi connectivity index (χ2n) is 7.32. The number of rotatable bonds is 6. The minimum atomic E-state index is -1.58. The number of carboxylic acid groups (broad SMARTS) is 2. The molecule has 9 heteroatoms. The molecule has 0 fully saturated rings. The van der Waals surface area contributed by atoms with Gasteiger partial charge in [-0.05, 0) is 48.0 Å². The van der Waals surface area contributed by atoms with Crippen molar-refractivity contribution in [3.05, 3.63) is 98.3 Å².